The normalized spacial score (nSPS) is 27.0. The molecule has 2 fully saturated rings. The van der Waals surface area contributed by atoms with Gasteiger partial charge in [-0.1, -0.05) is 0 Å². The number of hydrogen-bond acceptors (Lipinski definition) is 4. The number of rotatable bonds is 2. The van der Waals surface area contributed by atoms with Crippen LogP contribution in [0.1, 0.15) is 59.8 Å². The Morgan fingerprint density at radius 1 is 1.15 bits per heavy atom. The van der Waals surface area contributed by atoms with Crippen LogP contribution in [0, 0.1) is 0 Å². The zero-order valence-electron chi connectivity index (χ0n) is 16.6. The van der Waals surface area contributed by atoms with Crippen LogP contribution < -0.4 is 0 Å². The Kier molecular flexibility index (Phi) is 5.30. The van der Waals surface area contributed by atoms with E-state index in [-0.39, 0.29) is 17.4 Å². The molecule has 27 heavy (non-hydrogen) atoms. The fraction of sp³-hybridized carbons (Fsp3) is 0.714. The molecular weight excluding hydrogens is 358 g/mol. The number of nitrogens with zero attached hydrogens (tertiary/aromatic N) is 3. The molecule has 2 saturated heterocycles. The second-order valence-electron chi connectivity index (χ2n) is 8.35. The lowest BCUT2D eigenvalue weighted by molar-refractivity contribution is -0.130. The Labute approximate surface area is 166 Å². The Balaban J connectivity index is 1.54. The summed E-state index contributed by atoms with van der Waals surface area (Å²) in [6, 6.07) is 0. The molecule has 0 N–H and O–H groups in total. The van der Waals surface area contributed by atoms with Crippen molar-refractivity contribution in [3.63, 3.8) is 0 Å². The highest BCUT2D eigenvalue weighted by Gasteiger charge is 2.43. The molecule has 148 valence electrons. The highest BCUT2D eigenvalue weighted by molar-refractivity contribution is 7.10. The molecule has 0 saturated carbocycles. The summed E-state index contributed by atoms with van der Waals surface area (Å²) in [6.45, 7) is 6.05. The van der Waals surface area contributed by atoms with Gasteiger partial charge in [-0.05, 0) is 58.1 Å². The largest absolute Gasteiger partial charge is 0.343 e. The zero-order valence-corrected chi connectivity index (χ0v) is 17.4. The van der Waals surface area contributed by atoms with Gasteiger partial charge in [0.1, 0.15) is 0 Å². The van der Waals surface area contributed by atoms with Gasteiger partial charge in [-0.25, -0.2) is 0 Å². The SMILES string of the molecule is CCN1CCC2(CCC1=O)CN(C(=O)c1csc3c1CCCC3)CCN2C. The fourth-order valence-electron chi connectivity index (χ4n) is 5.04. The van der Waals surface area contributed by atoms with E-state index in [2.05, 4.69) is 29.2 Å². The van der Waals surface area contributed by atoms with Gasteiger partial charge in [0.25, 0.3) is 5.91 Å². The molecule has 1 unspecified atom stereocenters. The number of thiophene rings is 1. The van der Waals surface area contributed by atoms with Crippen molar-refractivity contribution in [2.45, 2.75) is 57.4 Å². The first kappa shape index (κ1) is 18.9. The highest BCUT2D eigenvalue weighted by Crippen LogP contribution is 2.35. The summed E-state index contributed by atoms with van der Waals surface area (Å²) < 4.78 is 0. The smallest absolute Gasteiger partial charge is 0.255 e. The van der Waals surface area contributed by atoms with Crippen LogP contribution in [0.15, 0.2) is 5.38 Å². The van der Waals surface area contributed by atoms with Crippen molar-refractivity contribution in [3.05, 3.63) is 21.4 Å². The molecule has 1 aromatic heterocycles. The van der Waals surface area contributed by atoms with Crippen LogP contribution in [0.5, 0.6) is 0 Å². The summed E-state index contributed by atoms with van der Waals surface area (Å²) in [5.74, 6) is 0.475. The van der Waals surface area contributed by atoms with Gasteiger partial charge in [0.15, 0.2) is 0 Å². The maximum Gasteiger partial charge on any atom is 0.255 e. The van der Waals surface area contributed by atoms with Gasteiger partial charge in [0, 0.05) is 54.9 Å². The third kappa shape index (κ3) is 3.42. The second kappa shape index (κ2) is 7.55. The van der Waals surface area contributed by atoms with Crippen molar-refractivity contribution >= 4 is 23.2 Å². The van der Waals surface area contributed by atoms with Crippen LogP contribution in [0.3, 0.4) is 0 Å². The molecule has 5 nitrogen and oxygen atoms in total. The van der Waals surface area contributed by atoms with Crippen molar-refractivity contribution in [3.8, 4) is 0 Å². The van der Waals surface area contributed by atoms with E-state index < -0.39 is 0 Å². The predicted molar refractivity (Wildman–Crippen MR) is 108 cm³/mol. The number of hydrogen-bond donors (Lipinski definition) is 0. The Morgan fingerprint density at radius 2 is 1.96 bits per heavy atom. The molecule has 1 aromatic rings. The molecule has 0 aromatic carbocycles. The summed E-state index contributed by atoms with van der Waals surface area (Å²) in [6.07, 6.45) is 7.03. The quantitative estimate of drug-likeness (QED) is 0.781. The third-order valence-electron chi connectivity index (χ3n) is 6.96. The molecule has 1 spiro atoms. The maximum atomic E-state index is 13.4. The molecule has 1 aliphatic carbocycles. The van der Waals surface area contributed by atoms with Gasteiger partial charge in [-0.2, -0.15) is 0 Å². The highest BCUT2D eigenvalue weighted by atomic mass is 32.1. The lowest BCUT2D eigenvalue weighted by Gasteiger charge is -2.49. The Morgan fingerprint density at radius 3 is 2.78 bits per heavy atom. The van der Waals surface area contributed by atoms with Gasteiger partial charge in [0.2, 0.25) is 5.91 Å². The topological polar surface area (TPSA) is 43.9 Å². The third-order valence-corrected chi connectivity index (χ3v) is 8.05. The van der Waals surface area contributed by atoms with E-state index in [4.69, 9.17) is 0 Å². The van der Waals surface area contributed by atoms with E-state index in [9.17, 15) is 9.59 Å². The number of amides is 2. The minimum absolute atomic E-state index is 0.0659. The summed E-state index contributed by atoms with van der Waals surface area (Å²) in [7, 11) is 2.17. The molecule has 0 bridgehead atoms. The maximum absolute atomic E-state index is 13.4. The molecule has 3 aliphatic rings. The first-order valence-electron chi connectivity index (χ1n) is 10.4. The predicted octanol–water partition coefficient (Wildman–Crippen LogP) is 2.79. The van der Waals surface area contributed by atoms with Gasteiger partial charge in [-0.3, -0.25) is 14.5 Å². The number of carbonyl (C=O) groups is 2. The summed E-state index contributed by atoms with van der Waals surface area (Å²) >= 11 is 1.77. The minimum Gasteiger partial charge on any atom is -0.343 e. The van der Waals surface area contributed by atoms with Gasteiger partial charge < -0.3 is 9.80 Å². The van der Waals surface area contributed by atoms with E-state index in [1.165, 1.54) is 23.3 Å². The van der Waals surface area contributed by atoms with Gasteiger partial charge >= 0.3 is 0 Å². The van der Waals surface area contributed by atoms with E-state index in [1.54, 1.807) is 11.3 Å². The molecule has 4 rings (SSSR count). The summed E-state index contributed by atoms with van der Waals surface area (Å²) in [5.41, 5.74) is 2.20. The number of likely N-dealkylation sites (N-methyl/N-ethyl adjacent to an activating group) is 1. The van der Waals surface area contributed by atoms with E-state index >= 15 is 0 Å². The first-order chi connectivity index (χ1) is 13.0. The van der Waals surface area contributed by atoms with Crippen molar-refractivity contribution in [2.75, 3.05) is 39.8 Å². The first-order valence-corrected chi connectivity index (χ1v) is 11.3. The average molecular weight is 390 g/mol. The fourth-order valence-corrected chi connectivity index (χ4v) is 6.16. The Bertz CT molecular complexity index is 731. The van der Waals surface area contributed by atoms with Crippen molar-refractivity contribution in [2.24, 2.45) is 0 Å². The van der Waals surface area contributed by atoms with Crippen LogP contribution in [0.2, 0.25) is 0 Å². The number of piperazine rings is 1. The number of aryl methyl sites for hydroxylation is 1. The Hall–Kier alpha value is -1.40. The van der Waals surface area contributed by atoms with Crippen LogP contribution in [-0.4, -0.2) is 71.8 Å². The zero-order chi connectivity index (χ0) is 19.0. The number of carbonyl (C=O) groups excluding carboxylic acids is 2. The molecule has 2 amide bonds. The van der Waals surface area contributed by atoms with Crippen molar-refractivity contribution < 1.29 is 9.59 Å². The van der Waals surface area contributed by atoms with Crippen molar-refractivity contribution in [1.29, 1.82) is 0 Å². The van der Waals surface area contributed by atoms with Gasteiger partial charge in [-0.15, -0.1) is 11.3 Å². The van der Waals surface area contributed by atoms with E-state index in [0.717, 1.165) is 64.0 Å². The second-order valence-corrected chi connectivity index (χ2v) is 9.32. The van der Waals surface area contributed by atoms with E-state index in [1.807, 2.05) is 4.90 Å². The number of fused-ring (bicyclic) bond motifs is 1. The number of likely N-dealkylation sites (tertiary alicyclic amines) is 1. The lowest BCUT2D eigenvalue weighted by Crippen LogP contribution is -2.62. The monoisotopic (exact) mass is 389 g/mol. The lowest BCUT2D eigenvalue weighted by atomic mass is 9.86. The van der Waals surface area contributed by atoms with Gasteiger partial charge in [0.05, 0.1) is 5.56 Å². The van der Waals surface area contributed by atoms with E-state index in [0.29, 0.717) is 6.42 Å². The van der Waals surface area contributed by atoms with Crippen LogP contribution in [0.25, 0.3) is 0 Å². The van der Waals surface area contributed by atoms with Crippen LogP contribution in [0.4, 0.5) is 0 Å². The molecule has 2 aliphatic heterocycles. The molecule has 3 heterocycles. The van der Waals surface area contributed by atoms with Crippen molar-refractivity contribution in [1.82, 2.24) is 14.7 Å². The molecular formula is C21H31N3O2S. The molecule has 1 atom stereocenters. The van der Waals surface area contributed by atoms with Crippen LogP contribution in [-0.2, 0) is 17.6 Å². The molecule has 0 radical (unpaired) electrons. The standard InChI is InChI=1S/C21H31N3O2S/c1-3-23-11-10-21(9-8-19(23)25)15-24(13-12-22(21)2)20(26)17-14-27-18-7-5-4-6-16(17)18/h14H,3-13,15H2,1-2H3. The average Bonchev–Trinajstić information content (AvgIpc) is 3.05. The molecule has 6 heteroatoms. The minimum atomic E-state index is -0.0659. The summed E-state index contributed by atoms with van der Waals surface area (Å²) in [5, 5.41) is 2.10. The summed E-state index contributed by atoms with van der Waals surface area (Å²) in [4.78, 5) is 33.6. The van der Waals surface area contributed by atoms with Crippen LogP contribution >= 0.6 is 11.3 Å².